The molecule has 1 N–H and O–H groups in total. The summed E-state index contributed by atoms with van der Waals surface area (Å²) >= 11 is 0. The number of rotatable bonds is 10. The number of hydrogen-bond acceptors (Lipinski definition) is 7. The summed E-state index contributed by atoms with van der Waals surface area (Å²) in [6.07, 6.45) is 1.55. The van der Waals surface area contributed by atoms with Gasteiger partial charge in [0.25, 0.3) is 11.7 Å². The number of carbonyl (C=O) groups is 2. The fourth-order valence-corrected chi connectivity index (χ4v) is 4.80. The summed E-state index contributed by atoms with van der Waals surface area (Å²) in [5.41, 5.74) is 2.30. The third-order valence-corrected chi connectivity index (χ3v) is 6.81. The van der Waals surface area contributed by atoms with Crippen LogP contribution in [-0.2, 0) is 14.3 Å². The number of aliphatic hydroxyl groups excluding tert-OH is 1. The Morgan fingerprint density at radius 2 is 1.78 bits per heavy atom. The van der Waals surface area contributed by atoms with Crippen molar-refractivity contribution in [3.05, 3.63) is 64.7 Å². The minimum atomic E-state index is -0.736. The Balaban J connectivity index is 1.70. The number of methoxy groups -OCH3 is 1. The lowest BCUT2D eigenvalue weighted by atomic mass is 9.94. The van der Waals surface area contributed by atoms with Crippen molar-refractivity contribution in [2.75, 3.05) is 53.1 Å². The Morgan fingerprint density at radius 3 is 2.46 bits per heavy atom. The van der Waals surface area contributed by atoms with Gasteiger partial charge in [-0.1, -0.05) is 42.8 Å². The van der Waals surface area contributed by atoms with Gasteiger partial charge in [0.05, 0.1) is 38.5 Å². The van der Waals surface area contributed by atoms with Crippen LogP contribution in [0.25, 0.3) is 5.76 Å². The summed E-state index contributed by atoms with van der Waals surface area (Å²) in [6, 6.07) is 11.9. The van der Waals surface area contributed by atoms with E-state index in [9.17, 15) is 14.7 Å². The number of amides is 1. The van der Waals surface area contributed by atoms with Crippen molar-refractivity contribution in [3.63, 3.8) is 0 Å². The largest absolute Gasteiger partial charge is 0.507 e. The first kappa shape index (κ1) is 26.7. The minimum absolute atomic E-state index is 0.0875. The molecule has 0 saturated carbocycles. The second-order valence-electron chi connectivity index (χ2n) is 9.42. The first-order chi connectivity index (χ1) is 17.9. The zero-order valence-electron chi connectivity index (χ0n) is 21.9. The normalized spacial score (nSPS) is 19.9. The Hall–Kier alpha value is -3.36. The smallest absolute Gasteiger partial charge is 0.295 e. The average molecular weight is 509 g/mol. The van der Waals surface area contributed by atoms with Crippen molar-refractivity contribution < 1.29 is 28.9 Å². The highest BCUT2D eigenvalue weighted by atomic mass is 16.5. The van der Waals surface area contributed by atoms with E-state index in [1.807, 2.05) is 32.0 Å². The van der Waals surface area contributed by atoms with Crippen molar-refractivity contribution >= 4 is 17.4 Å². The predicted octanol–water partition coefficient (Wildman–Crippen LogP) is 3.94. The molecule has 8 heteroatoms. The Morgan fingerprint density at radius 1 is 1.05 bits per heavy atom. The van der Waals surface area contributed by atoms with E-state index in [2.05, 4.69) is 4.90 Å². The number of aryl methyl sites for hydroxylation is 1. The van der Waals surface area contributed by atoms with E-state index >= 15 is 0 Å². The zero-order chi connectivity index (χ0) is 26.4. The number of ketones is 1. The van der Waals surface area contributed by atoms with Crippen LogP contribution in [0.15, 0.2) is 48.0 Å². The summed E-state index contributed by atoms with van der Waals surface area (Å²) in [5.74, 6) is -0.356. The van der Waals surface area contributed by atoms with Crippen LogP contribution in [0.5, 0.6) is 11.5 Å². The van der Waals surface area contributed by atoms with Gasteiger partial charge in [-0.3, -0.25) is 14.5 Å². The van der Waals surface area contributed by atoms with Gasteiger partial charge in [0.1, 0.15) is 5.76 Å². The number of ether oxygens (including phenoxy) is 3. The molecule has 1 atom stereocenters. The Bertz CT molecular complexity index is 1140. The highest BCUT2D eigenvalue weighted by Gasteiger charge is 2.46. The molecule has 198 valence electrons. The maximum atomic E-state index is 13.3. The third-order valence-electron chi connectivity index (χ3n) is 6.81. The summed E-state index contributed by atoms with van der Waals surface area (Å²) < 4.78 is 16.8. The Kier molecular flexibility index (Phi) is 8.84. The SMILES string of the molecule is CCCOc1ccc([C@@H]2/C(=C(\O)c3ccc(C)cc3)C(=O)C(=O)N2CCCN2CCOCC2)cc1OC. The first-order valence-corrected chi connectivity index (χ1v) is 12.9. The zero-order valence-corrected chi connectivity index (χ0v) is 21.9. The van der Waals surface area contributed by atoms with Gasteiger partial charge in [-0.15, -0.1) is 0 Å². The van der Waals surface area contributed by atoms with Crippen LogP contribution in [0, 0.1) is 6.92 Å². The van der Waals surface area contributed by atoms with Crippen LogP contribution in [0.4, 0.5) is 0 Å². The highest BCUT2D eigenvalue weighted by Crippen LogP contribution is 2.42. The van der Waals surface area contributed by atoms with Crippen LogP contribution < -0.4 is 9.47 Å². The van der Waals surface area contributed by atoms with Crippen LogP contribution >= 0.6 is 0 Å². The molecule has 0 aromatic heterocycles. The van der Waals surface area contributed by atoms with E-state index in [1.54, 1.807) is 36.3 Å². The quantitative estimate of drug-likeness (QED) is 0.295. The van der Waals surface area contributed by atoms with E-state index in [-0.39, 0.29) is 11.3 Å². The number of nitrogens with zero attached hydrogens (tertiary/aromatic N) is 2. The lowest BCUT2D eigenvalue weighted by Gasteiger charge is -2.29. The monoisotopic (exact) mass is 508 g/mol. The minimum Gasteiger partial charge on any atom is -0.507 e. The standard InChI is InChI=1S/C29H36N2O6/c1-4-16-37-23-11-10-22(19-24(23)35-3)26-25(27(32)21-8-6-20(2)7-9-21)28(33)29(34)31(26)13-5-12-30-14-17-36-18-15-30/h6-11,19,26,32H,4-5,12-18H2,1-3H3/b27-25+/t26-/m1/s1. The molecule has 4 rings (SSSR count). The van der Waals surface area contributed by atoms with Gasteiger partial charge in [0.15, 0.2) is 11.5 Å². The van der Waals surface area contributed by atoms with Crippen molar-refractivity contribution in [2.45, 2.75) is 32.7 Å². The van der Waals surface area contributed by atoms with Crippen LogP contribution in [0.3, 0.4) is 0 Å². The molecule has 2 aliphatic rings. The van der Waals surface area contributed by atoms with E-state index in [0.29, 0.717) is 55.4 Å². The van der Waals surface area contributed by atoms with Crippen LogP contribution in [-0.4, -0.2) is 79.7 Å². The maximum Gasteiger partial charge on any atom is 0.295 e. The number of hydrogen-bond donors (Lipinski definition) is 1. The van der Waals surface area contributed by atoms with E-state index in [4.69, 9.17) is 14.2 Å². The van der Waals surface area contributed by atoms with E-state index in [1.165, 1.54) is 0 Å². The summed E-state index contributed by atoms with van der Waals surface area (Å²) in [4.78, 5) is 30.5. The topological polar surface area (TPSA) is 88.5 Å². The van der Waals surface area contributed by atoms with Crippen LogP contribution in [0.2, 0.25) is 0 Å². The first-order valence-electron chi connectivity index (χ1n) is 12.9. The fraction of sp³-hybridized carbons (Fsp3) is 0.448. The summed E-state index contributed by atoms with van der Waals surface area (Å²) in [7, 11) is 1.56. The second-order valence-corrected chi connectivity index (χ2v) is 9.42. The maximum absolute atomic E-state index is 13.3. The molecule has 2 fully saturated rings. The van der Waals surface area contributed by atoms with Gasteiger partial charge >= 0.3 is 0 Å². The summed E-state index contributed by atoms with van der Waals surface area (Å²) in [6.45, 7) is 8.81. The number of Topliss-reactive ketones (excluding diaryl/α,β-unsaturated/α-hetero) is 1. The highest BCUT2D eigenvalue weighted by molar-refractivity contribution is 6.46. The van der Waals surface area contributed by atoms with E-state index in [0.717, 1.165) is 31.6 Å². The number of carbonyl (C=O) groups excluding carboxylic acids is 2. The number of benzene rings is 2. The van der Waals surface area contributed by atoms with Crippen molar-refractivity contribution in [1.29, 1.82) is 0 Å². The number of likely N-dealkylation sites (tertiary alicyclic amines) is 1. The van der Waals surface area contributed by atoms with Gasteiger partial charge in [0, 0.05) is 31.7 Å². The number of aliphatic hydroxyl groups is 1. The van der Waals surface area contributed by atoms with Gasteiger partial charge in [-0.2, -0.15) is 0 Å². The molecule has 0 aliphatic carbocycles. The molecule has 0 unspecified atom stereocenters. The predicted molar refractivity (Wildman–Crippen MR) is 141 cm³/mol. The van der Waals surface area contributed by atoms with Gasteiger partial charge in [-0.05, 0) is 37.5 Å². The van der Waals surface area contributed by atoms with Gasteiger partial charge in [0.2, 0.25) is 0 Å². The second kappa shape index (κ2) is 12.3. The van der Waals surface area contributed by atoms with Gasteiger partial charge in [-0.25, -0.2) is 0 Å². The van der Waals surface area contributed by atoms with Gasteiger partial charge < -0.3 is 24.2 Å². The van der Waals surface area contributed by atoms with Crippen molar-refractivity contribution in [3.8, 4) is 11.5 Å². The molecular formula is C29H36N2O6. The molecule has 2 saturated heterocycles. The average Bonchev–Trinajstić information content (AvgIpc) is 3.17. The third kappa shape index (κ3) is 5.97. The number of morpholine rings is 1. The molecule has 0 radical (unpaired) electrons. The molecule has 2 heterocycles. The lowest BCUT2D eigenvalue weighted by molar-refractivity contribution is -0.140. The van der Waals surface area contributed by atoms with Crippen LogP contribution in [0.1, 0.15) is 42.5 Å². The molecule has 1 amide bonds. The van der Waals surface area contributed by atoms with E-state index < -0.39 is 17.7 Å². The molecule has 0 bridgehead atoms. The molecule has 0 spiro atoms. The molecule has 2 aliphatic heterocycles. The molecule has 8 nitrogen and oxygen atoms in total. The van der Waals surface area contributed by atoms with Crippen molar-refractivity contribution in [1.82, 2.24) is 9.80 Å². The van der Waals surface area contributed by atoms with Crippen molar-refractivity contribution in [2.24, 2.45) is 0 Å². The summed E-state index contributed by atoms with van der Waals surface area (Å²) in [5, 5.41) is 11.3. The molecular weight excluding hydrogens is 472 g/mol. The Labute approximate surface area is 218 Å². The molecule has 2 aromatic rings. The molecule has 37 heavy (non-hydrogen) atoms. The molecule has 2 aromatic carbocycles. The lowest BCUT2D eigenvalue weighted by Crippen LogP contribution is -2.39. The fourth-order valence-electron chi connectivity index (χ4n) is 4.80.